The molecule has 0 aromatic heterocycles. The van der Waals surface area contributed by atoms with Crippen LogP contribution in [0, 0.1) is 12.3 Å². The molecular formula is C26H33N4OP. The third-order valence-electron chi connectivity index (χ3n) is 6.68. The van der Waals surface area contributed by atoms with Crippen LogP contribution in [0.4, 0.5) is 11.4 Å². The average molecular weight is 449 g/mol. The molecule has 1 atom stereocenters. The number of para-hydroxylation sites is 1. The Hall–Kier alpha value is -2.52. The molecule has 1 saturated heterocycles. The summed E-state index contributed by atoms with van der Waals surface area (Å²) in [6.45, 7) is 8.76. The van der Waals surface area contributed by atoms with Crippen molar-refractivity contribution in [3.63, 3.8) is 0 Å². The van der Waals surface area contributed by atoms with Crippen LogP contribution < -0.4 is 9.87 Å². The van der Waals surface area contributed by atoms with Gasteiger partial charge in [-0.25, -0.2) is 0 Å². The molecule has 2 aromatic rings. The highest BCUT2D eigenvalue weighted by Gasteiger charge is 2.50. The van der Waals surface area contributed by atoms with Crippen LogP contribution >= 0.6 is 7.44 Å². The molecule has 0 bridgehead atoms. The highest BCUT2D eigenvalue weighted by atomic mass is 31.2. The highest BCUT2D eigenvalue weighted by Crippen LogP contribution is 2.66. The normalized spacial score (nSPS) is 24.9. The van der Waals surface area contributed by atoms with Crippen LogP contribution in [0.3, 0.4) is 0 Å². The third kappa shape index (κ3) is 3.88. The Labute approximate surface area is 191 Å². The van der Waals surface area contributed by atoms with Crippen molar-refractivity contribution in [1.82, 2.24) is 4.90 Å². The van der Waals surface area contributed by atoms with E-state index in [-0.39, 0.29) is 5.41 Å². The molecule has 5 nitrogen and oxygen atoms in total. The van der Waals surface area contributed by atoms with Gasteiger partial charge in [0.15, 0.2) is 0 Å². The maximum atomic E-state index is 15.0. The second kappa shape index (κ2) is 8.12. The van der Waals surface area contributed by atoms with Gasteiger partial charge in [-0.2, -0.15) is 9.88 Å². The minimum Gasteiger partial charge on any atom is -0.374 e. The van der Waals surface area contributed by atoms with Crippen molar-refractivity contribution in [3.05, 3.63) is 71.2 Å². The summed E-state index contributed by atoms with van der Waals surface area (Å²) in [5, 5.41) is 9.45. The standard InChI is InChI=1S/C26H33N4OP/c1-20-12-14-21(15-13-20)28-32(31)25-23(27-30(32)22-10-6-4-7-11-22)18-26(2,3)19-24(25)29-16-8-5-9-17-29/h4,6-7,10-15H,5,8-9,16-19H2,1-3H3,(H,28,31). The molecule has 3 aliphatic rings. The maximum absolute atomic E-state index is 15.0. The van der Waals surface area contributed by atoms with Gasteiger partial charge in [-0.05, 0) is 68.7 Å². The number of nitrogens with zero attached hydrogens (tertiary/aromatic N) is 3. The van der Waals surface area contributed by atoms with Gasteiger partial charge in [0.05, 0.1) is 16.7 Å². The molecule has 1 fully saturated rings. The van der Waals surface area contributed by atoms with Gasteiger partial charge in [-0.3, -0.25) is 4.57 Å². The summed E-state index contributed by atoms with van der Waals surface area (Å²) >= 11 is 0. The molecule has 1 unspecified atom stereocenters. The van der Waals surface area contributed by atoms with Crippen molar-refractivity contribution >= 4 is 24.5 Å². The lowest BCUT2D eigenvalue weighted by Crippen LogP contribution is -2.36. The molecule has 0 saturated carbocycles. The second-order valence-corrected chi connectivity index (χ2v) is 12.3. The Balaban J connectivity index is 1.67. The van der Waals surface area contributed by atoms with Gasteiger partial charge in [-0.15, -0.1) is 0 Å². The number of anilines is 2. The van der Waals surface area contributed by atoms with E-state index in [4.69, 9.17) is 5.10 Å². The Morgan fingerprint density at radius 3 is 2.31 bits per heavy atom. The number of likely N-dealkylation sites (tertiary alicyclic amines) is 1. The van der Waals surface area contributed by atoms with Gasteiger partial charge in [0.2, 0.25) is 0 Å². The number of fused-ring (bicyclic) bond motifs is 1. The molecule has 1 aliphatic carbocycles. The molecule has 0 spiro atoms. The monoisotopic (exact) mass is 448 g/mol. The lowest BCUT2D eigenvalue weighted by molar-refractivity contribution is 0.240. The lowest BCUT2D eigenvalue weighted by Gasteiger charge is -2.40. The van der Waals surface area contributed by atoms with E-state index in [9.17, 15) is 0 Å². The zero-order chi connectivity index (χ0) is 22.3. The van der Waals surface area contributed by atoms with E-state index < -0.39 is 7.44 Å². The van der Waals surface area contributed by atoms with E-state index in [1.165, 1.54) is 30.5 Å². The minimum atomic E-state index is -3.23. The van der Waals surface area contributed by atoms with Gasteiger partial charge >= 0.3 is 7.44 Å². The quantitative estimate of drug-likeness (QED) is 0.512. The van der Waals surface area contributed by atoms with E-state index in [2.05, 4.69) is 42.9 Å². The number of rotatable bonds is 4. The zero-order valence-electron chi connectivity index (χ0n) is 19.3. The molecule has 32 heavy (non-hydrogen) atoms. The van der Waals surface area contributed by atoms with Gasteiger partial charge < -0.3 is 9.99 Å². The van der Waals surface area contributed by atoms with E-state index >= 15 is 4.57 Å². The van der Waals surface area contributed by atoms with Gasteiger partial charge in [0, 0.05) is 24.5 Å². The highest BCUT2D eigenvalue weighted by molar-refractivity contribution is 7.73. The molecule has 168 valence electrons. The van der Waals surface area contributed by atoms with Crippen LogP contribution in [0.15, 0.2) is 70.7 Å². The summed E-state index contributed by atoms with van der Waals surface area (Å²) in [6, 6.07) is 18.1. The summed E-state index contributed by atoms with van der Waals surface area (Å²) < 4.78 is 16.8. The van der Waals surface area contributed by atoms with Gasteiger partial charge in [0.1, 0.15) is 0 Å². The van der Waals surface area contributed by atoms with E-state index in [1.807, 2.05) is 42.5 Å². The number of benzene rings is 2. The smallest absolute Gasteiger partial charge is 0.313 e. The molecule has 2 aromatic carbocycles. The molecule has 0 amide bonds. The Bertz CT molecular complexity index is 1100. The summed E-state index contributed by atoms with van der Waals surface area (Å²) in [5.41, 5.74) is 5.22. The summed E-state index contributed by atoms with van der Waals surface area (Å²) in [7, 11) is -3.23. The van der Waals surface area contributed by atoms with Gasteiger partial charge in [-0.1, -0.05) is 49.7 Å². The molecular weight excluding hydrogens is 415 g/mol. The average Bonchev–Trinajstić information content (AvgIpc) is 3.07. The Morgan fingerprint density at radius 1 is 0.938 bits per heavy atom. The fourth-order valence-electron chi connectivity index (χ4n) is 5.12. The number of piperidine rings is 1. The summed E-state index contributed by atoms with van der Waals surface area (Å²) in [4.78, 5) is 2.49. The van der Waals surface area contributed by atoms with E-state index in [0.29, 0.717) is 0 Å². The molecule has 0 radical (unpaired) electrons. The van der Waals surface area contributed by atoms with Crippen LogP contribution in [0.1, 0.15) is 51.5 Å². The van der Waals surface area contributed by atoms with Crippen molar-refractivity contribution in [1.29, 1.82) is 0 Å². The second-order valence-electron chi connectivity index (χ2n) is 10.1. The van der Waals surface area contributed by atoms with Crippen molar-refractivity contribution < 1.29 is 4.57 Å². The largest absolute Gasteiger partial charge is 0.374 e. The number of allylic oxidation sites excluding steroid dienone is 2. The minimum absolute atomic E-state index is 0.0938. The van der Waals surface area contributed by atoms with Crippen LogP contribution in [-0.2, 0) is 4.57 Å². The number of nitrogens with one attached hydrogen (secondary N) is 1. The molecule has 2 aliphatic heterocycles. The number of hydrogen-bond donors (Lipinski definition) is 1. The van der Waals surface area contributed by atoms with Crippen molar-refractivity contribution in [2.24, 2.45) is 10.5 Å². The SMILES string of the molecule is Cc1ccc(NP2(=O)C3=C(N4CCCCC4)CC(C)(C)CC3=NN2c2ccccc2)cc1. The topological polar surface area (TPSA) is 47.9 Å². The first-order chi connectivity index (χ1) is 15.4. The molecule has 6 heteroatoms. The van der Waals surface area contributed by atoms with E-state index in [1.54, 1.807) is 4.78 Å². The lowest BCUT2D eigenvalue weighted by atomic mass is 9.78. The van der Waals surface area contributed by atoms with Gasteiger partial charge in [0.25, 0.3) is 0 Å². The third-order valence-corrected chi connectivity index (χ3v) is 9.22. The predicted octanol–water partition coefficient (Wildman–Crippen LogP) is 6.99. The first-order valence-corrected chi connectivity index (χ1v) is 13.4. The predicted molar refractivity (Wildman–Crippen MR) is 134 cm³/mol. The molecule has 1 N–H and O–H groups in total. The number of hydrazone groups is 1. The van der Waals surface area contributed by atoms with Crippen molar-refractivity contribution in [2.75, 3.05) is 23.0 Å². The Morgan fingerprint density at radius 2 is 1.62 bits per heavy atom. The van der Waals surface area contributed by atoms with Crippen molar-refractivity contribution in [3.8, 4) is 0 Å². The van der Waals surface area contributed by atoms with Crippen LogP contribution in [-0.4, -0.2) is 23.7 Å². The van der Waals surface area contributed by atoms with Crippen molar-refractivity contribution in [2.45, 2.75) is 52.9 Å². The number of hydrogen-bond acceptors (Lipinski definition) is 3. The first-order valence-electron chi connectivity index (χ1n) is 11.7. The van der Waals surface area contributed by atoms with E-state index in [0.717, 1.165) is 48.3 Å². The zero-order valence-corrected chi connectivity index (χ0v) is 20.2. The fourth-order valence-corrected chi connectivity index (χ4v) is 7.75. The van der Waals surface area contributed by atoms with Crippen LogP contribution in [0.5, 0.6) is 0 Å². The number of aryl methyl sites for hydroxylation is 1. The van der Waals surface area contributed by atoms with Crippen LogP contribution in [0.25, 0.3) is 0 Å². The first kappa shape index (κ1) is 21.3. The summed E-state index contributed by atoms with van der Waals surface area (Å²) in [6.07, 6.45) is 5.44. The van der Waals surface area contributed by atoms with Crippen LogP contribution in [0.2, 0.25) is 0 Å². The Kier molecular flexibility index (Phi) is 5.41. The summed E-state index contributed by atoms with van der Waals surface area (Å²) in [5.74, 6) is 0. The molecule has 2 heterocycles. The fraction of sp³-hybridized carbons (Fsp3) is 0.423. The molecule has 5 rings (SSSR count). The maximum Gasteiger partial charge on any atom is 0.313 e.